The van der Waals surface area contributed by atoms with E-state index in [1.54, 1.807) is 38.7 Å². The Labute approximate surface area is 207 Å². The molecule has 186 valence electrons. The largest absolute Gasteiger partial charge is 0.511 e. The van der Waals surface area contributed by atoms with Gasteiger partial charge in [-0.25, -0.2) is 4.79 Å². The SMILES string of the molecule is CCn1nc(C)c(Cl)c1/C(OC(C)OC(=O)OC(C)C)=C(\C=N/C)c1ccc(C(C)(C)C)cc1. The molecule has 1 atom stereocenters. The smallest absolute Gasteiger partial charge is 0.452 e. The molecule has 7 nitrogen and oxygen atoms in total. The van der Waals surface area contributed by atoms with Gasteiger partial charge in [0.25, 0.3) is 0 Å². The van der Waals surface area contributed by atoms with E-state index >= 15 is 0 Å². The Kier molecular flexibility index (Phi) is 9.33. The summed E-state index contributed by atoms with van der Waals surface area (Å²) in [4.78, 5) is 16.3. The van der Waals surface area contributed by atoms with E-state index in [9.17, 15) is 4.79 Å². The van der Waals surface area contributed by atoms with Gasteiger partial charge in [0.1, 0.15) is 5.69 Å². The van der Waals surface area contributed by atoms with Crippen LogP contribution in [0.1, 0.15) is 71.0 Å². The second kappa shape index (κ2) is 11.6. The van der Waals surface area contributed by atoms with E-state index in [-0.39, 0.29) is 11.5 Å². The van der Waals surface area contributed by atoms with E-state index in [1.807, 2.05) is 26.0 Å². The summed E-state index contributed by atoms with van der Waals surface area (Å²) in [5.41, 5.74) is 4.04. The van der Waals surface area contributed by atoms with Crippen LogP contribution in [0.4, 0.5) is 4.79 Å². The molecule has 1 aromatic heterocycles. The van der Waals surface area contributed by atoms with Crippen molar-refractivity contribution in [3.63, 3.8) is 0 Å². The maximum Gasteiger partial charge on any atom is 0.511 e. The molecule has 0 fully saturated rings. The highest BCUT2D eigenvalue weighted by Crippen LogP contribution is 2.35. The summed E-state index contributed by atoms with van der Waals surface area (Å²) in [6.45, 7) is 16.0. The third-order valence-corrected chi connectivity index (χ3v) is 5.46. The summed E-state index contributed by atoms with van der Waals surface area (Å²) in [7, 11) is 1.69. The average molecular weight is 490 g/mol. The van der Waals surface area contributed by atoms with Crippen LogP contribution in [0.3, 0.4) is 0 Å². The van der Waals surface area contributed by atoms with Crippen molar-refractivity contribution < 1.29 is 19.0 Å². The van der Waals surface area contributed by atoms with Gasteiger partial charge in [-0.05, 0) is 44.2 Å². The monoisotopic (exact) mass is 489 g/mol. The van der Waals surface area contributed by atoms with Gasteiger partial charge < -0.3 is 14.2 Å². The van der Waals surface area contributed by atoms with Gasteiger partial charge in [-0.15, -0.1) is 0 Å². The molecule has 2 rings (SSSR count). The number of hydrogen-bond acceptors (Lipinski definition) is 6. The number of carbonyl (C=O) groups is 1. The first-order valence-corrected chi connectivity index (χ1v) is 11.8. The second-order valence-electron chi connectivity index (χ2n) is 9.24. The summed E-state index contributed by atoms with van der Waals surface area (Å²) in [6, 6.07) is 8.21. The fraction of sp³-hybridized carbons (Fsp3) is 0.500. The highest BCUT2D eigenvalue weighted by atomic mass is 35.5. The average Bonchev–Trinajstić information content (AvgIpc) is 3.03. The number of ether oxygens (including phenoxy) is 3. The zero-order chi connectivity index (χ0) is 25.6. The molecule has 1 unspecified atom stereocenters. The van der Waals surface area contributed by atoms with Crippen LogP contribution in [0.25, 0.3) is 11.3 Å². The molecule has 0 saturated carbocycles. The zero-order valence-corrected chi connectivity index (χ0v) is 22.4. The van der Waals surface area contributed by atoms with E-state index in [1.165, 1.54) is 5.56 Å². The molecule has 8 heteroatoms. The molecule has 0 radical (unpaired) electrons. The van der Waals surface area contributed by atoms with Crippen molar-refractivity contribution in [2.24, 2.45) is 4.99 Å². The summed E-state index contributed by atoms with van der Waals surface area (Å²) in [5.74, 6) is 0.409. The molecule has 34 heavy (non-hydrogen) atoms. The van der Waals surface area contributed by atoms with Crippen LogP contribution in [0.15, 0.2) is 29.3 Å². The Bertz CT molecular complexity index is 1050. The van der Waals surface area contributed by atoms with Crippen LogP contribution in [0.2, 0.25) is 5.02 Å². The molecule has 0 aliphatic rings. The Morgan fingerprint density at radius 2 is 1.76 bits per heavy atom. The number of rotatable bonds is 8. The molecular formula is C26H36ClN3O4. The number of halogens is 1. The number of allylic oxidation sites excluding steroid dienone is 1. The van der Waals surface area contributed by atoms with Gasteiger partial charge in [0, 0.05) is 32.3 Å². The molecule has 1 heterocycles. The standard InChI is InChI=1S/C26H36ClN3O4/c1-10-30-23(22(27)17(4)29-30)24(33-18(5)34-25(31)32-16(2)3)21(15-28-9)19-11-13-20(14-12-19)26(6,7)8/h11-16,18H,10H2,1-9H3/b24-21-,28-15-. The summed E-state index contributed by atoms with van der Waals surface area (Å²) in [5, 5.41) is 4.99. The van der Waals surface area contributed by atoms with Crippen molar-refractivity contribution >= 4 is 35.3 Å². The minimum Gasteiger partial charge on any atom is -0.452 e. The lowest BCUT2D eigenvalue weighted by atomic mass is 9.86. The fourth-order valence-electron chi connectivity index (χ4n) is 3.34. The number of nitrogens with zero attached hydrogens (tertiary/aromatic N) is 3. The van der Waals surface area contributed by atoms with Gasteiger partial charge in [0.15, 0.2) is 5.76 Å². The van der Waals surface area contributed by atoms with Crippen molar-refractivity contribution in [1.82, 2.24) is 9.78 Å². The first-order chi connectivity index (χ1) is 15.9. The normalized spacial score (nSPS) is 13.7. The van der Waals surface area contributed by atoms with Crippen LogP contribution in [-0.4, -0.2) is 41.6 Å². The maximum absolute atomic E-state index is 12.1. The maximum atomic E-state index is 12.1. The van der Waals surface area contributed by atoms with Crippen molar-refractivity contribution in [2.45, 2.75) is 79.7 Å². The number of carbonyl (C=O) groups excluding carboxylic acids is 1. The summed E-state index contributed by atoms with van der Waals surface area (Å²) < 4.78 is 18.4. The van der Waals surface area contributed by atoms with Gasteiger partial charge in [0.2, 0.25) is 6.29 Å². The summed E-state index contributed by atoms with van der Waals surface area (Å²) >= 11 is 6.69. The minimum atomic E-state index is -0.952. The van der Waals surface area contributed by atoms with Crippen molar-refractivity contribution in [2.75, 3.05) is 7.05 Å². The Hall–Kier alpha value is -2.80. The molecule has 0 saturated heterocycles. The van der Waals surface area contributed by atoms with E-state index in [0.29, 0.717) is 34.3 Å². The molecule has 0 amide bonds. The Morgan fingerprint density at radius 1 is 1.15 bits per heavy atom. The third-order valence-electron chi connectivity index (χ3n) is 5.01. The second-order valence-corrected chi connectivity index (χ2v) is 9.62. The molecule has 0 bridgehead atoms. The topological polar surface area (TPSA) is 74.9 Å². The minimum absolute atomic E-state index is 0.0148. The van der Waals surface area contributed by atoms with Gasteiger partial charge in [-0.3, -0.25) is 9.67 Å². The van der Waals surface area contributed by atoms with Gasteiger partial charge >= 0.3 is 6.16 Å². The lowest BCUT2D eigenvalue weighted by molar-refractivity contribution is -0.0734. The van der Waals surface area contributed by atoms with Gasteiger partial charge in [-0.2, -0.15) is 5.10 Å². The number of aromatic nitrogens is 2. The van der Waals surface area contributed by atoms with E-state index < -0.39 is 12.4 Å². The first-order valence-electron chi connectivity index (χ1n) is 11.4. The molecular weight excluding hydrogens is 454 g/mol. The predicted octanol–water partition coefficient (Wildman–Crippen LogP) is 6.66. The Morgan fingerprint density at radius 3 is 2.26 bits per heavy atom. The molecule has 0 aliphatic carbocycles. The van der Waals surface area contributed by atoms with Crippen LogP contribution in [-0.2, 0) is 26.2 Å². The van der Waals surface area contributed by atoms with E-state index in [0.717, 1.165) is 5.56 Å². The Balaban J connectivity index is 2.67. The van der Waals surface area contributed by atoms with Gasteiger partial charge in [-0.1, -0.05) is 56.6 Å². The molecule has 0 spiro atoms. The van der Waals surface area contributed by atoms with E-state index in [4.69, 9.17) is 25.8 Å². The predicted molar refractivity (Wildman–Crippen MR) is 137 cm³/mol. The van der Waals surface area contributed by atoms with Crippen molar-refractivity contribution in [3.05, 3.63) is 51.8 Å². The number of aryl methyl sites for hydroxylation is 2. The van der Waals surface area contributed by atoms with E-state index in [2.05, 4.69) is 43.0 Å². The van der Waals surface area contributed by atoms with Crippen molar-refractivity contribution in [1.29, 1.82) is 0 Å². The third kappa shape index (κ3) is 6.86. The first kappa shape index (κ1) is 27.4. The quantitative estimate of drug-likeness (QED) is 0.179. The zero-order valence-electron chi connectivity index (χ0n) is 21.6. The van der Waals surface area contributed by atoms with Crippen molar-refractivity contribution in [3.8, 4) is 0 Å². The molecule has 2 aromatic rings. The molecule has 0 N–H and O–H groups in total. The fourth-order valence-corrected chi connectivity index (χ4v) is 3.56. The molecule has 0 aliphatic heterocycles. The lowest BCUT2D eigenvalue weighted by Gasteiger charge is -2.22. The van der Waals surface area contributed by atoms with Crippen LogP contribution in [0.5, 0.6) is 0 Å². The molecule has 1 aromatic carbocycles. The summed E-state index contributed by atoms with van der Waals surface area (Å²) in [6.07, 6.45) is -0.364. The number of aliphatic imine (C=N–C) groups is 1. The van der Waals surface area contributed by atoms with Crippen LogP contribution < -0.4 is 0 Å². The highest BCUT2D eigenvalue weighted by molar-refractivity contribution is 6.33. The van der Waals surface area contributed by atoms with Crippen LogP contribution in [0, 0.1) is 6.92 Å². The highest BCUT2D eigenvalue weighted by Gasteiger charge is 2.26. The van der Waals surface area contributed by atoms with Gasteiger partial charge in [0.05, 0.1) is 16.8 Å². The van der Waals surface area contributed by atoms with Crippen LogP contribution >= 0.6 is 11.6 Å². The number of benzene rings is 1. The lowest BCUT2D eigenvalue weighted by Crippen LogP contribution is -2.22. The number of hydrogen-bond donors (Lipinski definition) is 0.